The monoisotopic (exact) mass is 364 g/mol. The van der Waals surface area contributed by atoms with Crippen LogP contribution in [-0.2, 0) is 6.54 Å². The third-order valence-corrected chi connectivity index (χ3v) is 5.54. The van der Waals surface area contributed by atoms with Gasteiger partial charge >= 0.3 is 0 Å². The van der Waals surface area contributed by atoms with Crippen LogP contribution in [0, 0.1) is 6.92 Å². The summed E-state index contributed by atoms with van der Waals surface area (Å²) in [6.45, 7) is 4.69. The van der Waals surface area contributed by atoms with Crippen LogP contribution in [0.25, 0.3) is 0 Å². The zero-order valence-corrected chi connectivity index (χ0v) is 15.6. The fraction of sp³-hybridized carbons (Fsp3) is 0.526. The van der Waals surface area contributed by atoms with Crippen LogP contribution < -0.4 is 4.90 Å². The molecule has 1 saturated carbocycles. The summed E-state index contributed by atoms with van der Waals surface area (Å²) in [4.78, 5) is 11.0. The molecule has 4 heterocycles. The molecule has 1 aliphatic carbocycles. The third kappa shape index (κ3) is 3.31. The van der Waals surface area contributed by atoms with Gasteiger partial charge in [-0.25, -0.2) is 9.97 Å². The van der Waals surface area contributed by atoms with Gasteiger partial charge in [0.2, 0.25) is 0 Å². The molecule has 2 aliphatic rings. The Labute approximate surface area is 158 Å². The quantitative estimate of drug-likeness (QED) is 0.691. The fourth-order valence-electron chi connectivity index (χ4n) is 3.97. The first-order valence-corrected chi connectivity index (χ1v) is 9.72. The van der Waals surface area contributed by atoms with Crippen LogP contribution in [0.1, 0.15) is 55.0 Å². The van der Waals surface area contributed by atoms with Crippen molar-refractivity contribution >= 4 is 5.82 Å². The predicted octanol–water partition coefficient (Wildman–Crippen LogP) is 2.34. The molecule has 0 aromatic carbocycles. The highest BCUT2D eigenvalue weighted by Crippen LogP contribution is 2.40. The second-order valence-corrected chi connectivity index (χ2v) is 7.56. The molecule has 140 valence electrons. The summed E-state index contributed by atoms with van der Waals surface area (Å²) >= 11 is 0. The van der Waals surface area contributed by atoms with Crippen LogP contribution in [0.3, 0.4) is 0 Å². The minimum Gasteiger partial charge on any atom is -0.356 e. The number of rotatable bonds is 5. The van der Waals surface area contributed by atoms with Crippen molar-refractivity contribution in [3.8, 4) is 0 Å². The van der Waals surface area contributed by atoms with Gasteiger partial charge in [0.25, 0.3) is 0 Å². The van der Waals surface area contributed by atoms with E-state index >= 15 is 0 Å². The maximum absolute atomic E-state index is 4.62. The van der Waals surface area contributed by atoms with Crippen molar-refractivity contribution in [3.63, 3.8) is 0 Å². The Morgan fingerprint density at radius 1 is 1.07 bits per heavy atom. The highest BCUT2D eigenvalue weighted by Gasteiger charge is 2.33. The Morgan fingerprint density at radius 2 is 1.93 bits per heavy atom. The smallest absolute Gasteiger partial charge is 0.155 e. The number of piperidine rings is 1. The summed E-state index contributed by atoms with van der Waals surface area (Å²) in [7, 11) is 0. The topological polar surface area (TPSA) is 77.5 Å². The van der Waals surface area contributed by atoms with Crippen LogP contribution in [0.15, 0.2) is 30.9 Å². The molecule has 1 saturated heterocycles. The van der Waals surface area contributed by atoms with Crippen molar-refractivity contribution in [2.75, 3.05) is 18.0 Å². The van der Waals surface area contributed by atoms with Crippen molar-refractivity contribution < 1.29 is 0 Å². The molecule has 0 radical (unpaired) electrons. The van der Waals surface area contributed by atoms with Gasteiger partial charge in [-0.2, -0.15) is 5.10 Å². The van der Waals surface area contributed by atoms with Gasteiger partial charge in [-0.3, -0.25) is 4.68 Å². The van der Waals surface area contributed by atoms with Crippen LogP contribution in [0.2, 0.25) is 0 Å². The number of hydrogen-bond acceptors (Lipinski definition) is 6. The summed E-state index contributed by atoms with van der Waals surface area (Å²) in [6.07, 6.45) is 10.1. The van der Waals surface area contributed by atoms with Crippen molar-refractivity contribution in [3.05, 3.63) is 48.2 Å². The molecule has 2 fully saturated rings. The van der Waals surface area contributed by atoms with Gasteiger partial charge in [0.1, 0.15) is 24.5 Å². The van der Waals surface area contributed by atoms with E-state index in [1.165, 1.54) is 12.8 Å². The molecule has 0 N–H and O–H groups in total. The first kappa shape index (κ1) is 16.4. The normalized spacial score (nSPS) is 18.2. The summed E-state index contributed by atoms with van der Waals surface area (Å²) in [5, 5.41) is 13.5. The van der Waals surface area contributed by atoms with Crippen LogP contribution in [0.5, 0.6) is 0 Å². The van der Waals surface area contributed by atoms with Gasteiger partial charge in [0.05, 0.1) is 0 Å². The second-order valence-electron chi connectivity index (χ2n) is 7.56. The number of aryl methyl sites for hydroxylation is 1. The van der Waals surface area contributed by atoms with Gasteiger partial charge < -0.3 is 9.47 Å². The Balaban J connectivity index is 1.33. The first-order valence-electron chi connectivity index (χ1n) is 9.72. The van der Waals surface area contributed by atoms with E-state index in [9.17, 15) is 0 Å². The van der Waals surface area contributed by atoms with Crippen molar-refractivity contribution in [2.45, 2.75) is 51.1 Å². The zero-order valence-electron chi connectivity index (χ0n) is 15.6. The highest BCUT2D eigenvalue weighted by atomic mass is 15.3. The zero-order chi connectivity index (χ0) is 18.2. The maximum Gasteiger partial charge on any atom is 0.155 e. The molecular weight excluding hydrogens is 340 g/mol. The van der Waals surface area contributed by atoms with Crippen LogP contribution in [0.4, 0.5) is 5.82 Å². The van der Waals surface area contributed by atoms with E-state index in [0.717, 1.165) is 49.1 Å². The standard InChI is InChI=1S/C19H24N8/c1-14-11-17(21-13-20-14)25-9-5-15(6-10-25)19-24-23-18(27(19)16-3-4-16)12-26-8-2-7-22-26/h2,7-8,11,13,15-16H,3-6,9-10,12H2,1H3. The number of aromatic nitrogens is 7. The van der Waals surface area contributed by atoms with E-state index in [1.807, 2.05) is 30.1 Å². The number of hydrogen-bond donors (Lipinski definition) is 0. The summed E-state index contributed by atoms with van der Waals surface area (Å²) in [5.41, 5.74) is 1.01. The summed E-state index contributed by atoms with van der Waals surface area (Å²) < 4.78 is 4.32. The number of nitrogens with zero attached hydrogens (tertiary/aromatic N) is 8. The van der Waals surface area contributed by atoms with Crippen molar-refractivity contribution in [2.24, 2.45) is 0 Å². The number of anilines is 1. The van der Waals surface area contributed by atoms with E-state index in [-0.39, 0.29) is 0 Å². The minimum absolute atomic E-state index is 0.462. The second kappa shape index (κ2) is 6.75. The largest absolute Gasteiger partial charge is 0.356 e. The molecule has 0 unspecified atom stereocenters. The van der Waals surface area contributed by atoms with E-state index in [2.05, 4.69) is 40.8 Å². The predicted molar refractivity (Wildman–Crippen MR) is 101 cm³/mol. The van der Waals surface area contributed by atoms with E-state index < -0.39 is 0 Å². The molecule has 27 heavy (non-hydrogen) atoms. The van der Waals surface area contributed by atoms with Gasteiger partial charge in [-0.1, -0.05) is 0 Å². The van der Waals surface area contributed by atoms with E-state index in [0.29, 0.717) is 18.5 Å². The molecule has 0 atom stereocenters. The molecule has 3 aromatic rings. The third-order valence-electron chi connectivity index (χ3n) is 5.54. The van der Waals surface area contributed by atoms with Gasteiger partial charge in [-0.15, -0.1) is 10.2 Å². The van der Waals surface area contributed by atoms with Gasteiger partial charge in [0.15, 0.2) is 5.82 Å². The maximum atomic E-state index is 4.62. The minimum atomic E-state index is 0.462. The molecule has 0 bridgehead atoms. The Morgan fingerprint density at radius 3 is 2.63 bits per heavy atom. The lowest BCUT2D eigenvalue weighted by Crippen LogP contribution is -2.34. The molecule has 3 aromatic heterocycles. The summed E-state index contributed by atoms with van der Waals surface area (Å²) in [5.74, 6) is 3.69. The molecule has 5 rings (SSSR count). The Bertz CT molecular complexity index is 904. The average molecular weight is 364 g/mol. The molecule has 0 spiro atoms. The Hall–Kier alpha value is -2.77. The average Bonchev–Trinajstić information content (AvgIpc) is 3.23. The lowest BCUT2D eigenvalue weighted by Gasteiger charge is -2.32. The van der Waals surface area contributed by atoms with Crippen LogP contribution in [-0.4, -0.2) is 47.6 Å². The van der Waals surface area contributed by atoms with Crippen molar-refractivity contribution in [1.29, 1.82) is 0 Å². The SMILES string of the molecule is Cc1cc(N2CCC(c3nnc(Cn4cccn4)n3C3CC3)CC2)ncn1. The molecule has 8 nitrogen and oxygen atoms in total. The fourth-order valence-corrected chi connectivity index (χ4v) is 3.97. The lowest BCUT2D eigenvalue weighted by molar-refractivity contribution is 0.458. The van der Waals surface area contributed by atoms with Gasteiger partial charge in [0, 0.05) is 49.2 Å². The molecular formula is C19H24N8. The summed E-state index contributed by atoms with van der Waals surface area (Å²) in [6, 6.07) is 4.58. The molecule has 8 heteroatoms. The lowest BCUT2D eigenvalue weighted by atomic mass is 9.95. The van der Waals surface area contributed by atoms with Gasteiger partial charge in [-0.05, 0) is 38.7 Å². The molecule has 1 aliphatic heterocycles. The van der Waals surface area contributed by atoms with E-state index in [1.54, 1.807) is 6.33 Å². The first-order chi connectivity index (χ1) is 13.3. The van der Waals surface area contributed by atoms with Crippen molar-refractivity contribution in [1.82, 2.24) is 34.5 Å². The van der Waals surface area contributed by atoms with Crippen LogP contribution >= 0.6 is 0 Å². The Kier molecular flexibility index (Phi) is 4.10. The highest BCUT2D eigenvalue weighted by molar-refractivity contribution is 5.39. The van der Waals surface area contributed by atoms with E-state index in [4.69, 9.17) is 0 Å². The molecule has 0 amide bonds.